The van der Waals surface area contributed by atoms with Crippen molar-refractivity contribution in [3.8, 4) is 10.4 Å². The van der Waals surface area contributed by atoms with Crippen molar-refractivity contribution in [2.75, 3.05) is 39.3 Å². The van der Waals surface area contributed by atoms with Crippen LogP contribution >= 0.6 is 11.3 Å². The lowest BCUT2D eigenvalue weighted by Crippen LogP contribution is -2.49. The van der Waals surface area contributed by atoms with Crippen LogP contribution in [0.5, 0.6) is 0 Å². The van der Waals surface area contributed by atoms with E-state index in [4.69, 9.17) is 0 Å². The summed E-state index contributed by atoms with van der Waals surface area (Å²) in [6.45, 7) is 7.74. The number of hydrogen-bond donors (Lipinski definition) is 1. The van der Waals surface area contributed by atoms with Gasteiger partial charge >= 0.3 is 0 Å². The van der Waals surface area contributed by atoms with Gasteiger partial charge in [0.2, 0.25) is 0 Å². The van der Waals surface area contributed by atoms with Crippen molar-refractivity contribution in [2.45, 2.75) is 19.0 Å². The molecule has 3 heterocycles. The van der Waals surface area contributed by atoms with Crippen LogP contribution in [0, 0.1) is 5.82 Å². The number of piperazine rings is 1. The van der Waals surface area contributed by atoms with E-state index in [9.17, 15) is 4.39 Å². The summed E-state index contributed by atoms with van der Waals surface area (Å²) in [6, 6.07) is 10.2. The number of likely N-dealkylation sites (tertiary alicyclic amines) is 1. The van der Waals surface area contributed by atoms with Crippen LogP contribution in [-0.2, 0) is 6.54 Å². The van der Waals surface area contributed by atoms with Gasteiger partial charge in [-0.15, -0.1) is 11.3 Å². The van der Waals surface area contributed by atoms with Gasteiger partial charge in [-0.2, -0.15) is 0 Å². The summed E-state index contributed by atoms with van der Waals surface area (Å²) >= 11 is 1.59. The summed E-state index contributed by atoms with van der Waals surface area (Å²) in [5.41, 5.74) is 1.95. The van der Waals surface area contributed by atoms with Gasteiger partial charge in [0.15, 0.2) is 0 Å². The molecule has 3 nitrogen and oxygen atoms in total. The van der Waals surface area contributed by atoms with Crippen molar-refractivity contribution in [3.05, 3.63) is 47.1 Å². The standard InChI is InChI=1S/C19H24FN3S/c20-18-4-3-15(12-17(18)19-2-1-11-24-19)13-22-8-5-16(14-22)23-9-6-21-7-10-23/h1-4,11-12,16,21H,5-10,13-14H2. The van der Waals surface area contributed by atoms with Crippen molar-refractivity contribution >= 4 is 11.3 Å². The average Bonchev–Trinajstić information content (AvgIpc) is 3.29. The summed E-state index contributed by atoms with van der Waals surface area (Å²) in [7, 11) is 0. The number of thiophene rings is 1. The Labute approximate surface area is 147 Å². The highest BCUT2D eigenvalue weighted by atomic mass is 32.1. The third kappa shape index (κ3) is 3.54. The molecule has 24 heavy (non-hydrogen) atoms. The van der Waals surface area contributed by atoms with Gasteiger partial charge in [0.25, 0.3) is 0 Å². The predicted octanol–water partition coefficient (Wildman–Crippen LogP) is 3.03. The Kier molecular flexibility index (Phi) is 4.94. The minimum atomic E-state index is -0.124. The summed E-state index contributed by atoms with van der Waals surface area (Å²) < 4.78 is 14.1. The Hall–Kier alpha value is -1.27. The fourth-order valence-corrected chi connectivity index (χ4v) is 4.60. The topological polar surface area (TPSA) is 18.5 Å². The molecule has 0 saturated carbocycles. The maximum Gasteiger partial charge on any atom is 0.131 e. The van der Waals surface area contributed by atoms with Crippen molar-refractivity contribution in [1.29, 1.82) is 0 Å². The molecule has 1 aromatic heterocycles. The van der Waals surface area contributed by atoms with Gasteiger partial charge in [-0.25, -0.2) is 4.39 Å². The summed E-state index contributed by atoms with van der Waals surface area (Å²) in [5.74, 6) is -0.124. The molecule has 1 N–H and O–H groups in total. The molecule has 2 saturated heterocycles. The van der Waals surface area contributed by atoms with Gasteiger partial charge in [-0.1, -0.05) is 12.1 Å². The second-order valence-corrected chi connectivity index (χ2v) is 7.70. The molecule has 2 aliphatic heterocycles. The molecule has 1 unspecified atom stereocenters. The minimum absolute atomic E-state index is 0.124. The van der Waals surface area contributed by atoms with E-state index in [-0.39, 0.29) is 5.82 Å². The van der Waals surface area contributed by atoms with E-state index in [0.29, 0.717) is 6.04 Å². The van der Waals surface area contributed by atoms with E-state index in [2.05, 4.69) is 15.1 Å². The Morgan fingerprint density at radius 3 is 2.83 bits per heavy atom. The highest BCUT2D eigenvalue weighted by Crippen LogP contribution is 2.29. The lowest BCUT2D eigenvalue weighted by molar-refractivity contribution is 0.170. The number of hydrogen-bond acceptors (Lipinski definition) is 4. The predicted molar refractivity (Wildman–Crippen MR) is 97.8 cm³/mol. The largest absolute Gasteiger partial charge is 0.314 e. The van der Waals surface area contributed by atoms with E-state index in [0.717, 1.165) is 56.3 Å². The van der Waals surface area contributed by atoms with Gasteiger partial charge in [0.05, 0.1) is 0 Å². The molecule has 2 aliphatic rings. The third-order valence-corrected chi connectivity index (χ3v) is 6.04. The monoisotopic (exact) mass is 345 g/mol. The second-order valence-electron chi connectivity index (χ2n) is 6.76. The van der Waals surface area contributed by atoms with Crippen LogP contribution in [0.15, 0.2) is 35.7 Å². The van der Waals surface area contributed by atoms with Gasteiger partial charge < -0.3 is 5.32 Å². The number of halogens is 1. The molecule has 0 amide bonds. The molecule has 0 aliphatic carbocycles. The van der Waals surface area contributed by atoms with Gasteiger partial charge in [-0.3, -0.25) is 9.80 Å². The average molecular weight is 345 g/mol. The molecular weight excluding hydrogens is 321 g/mol. The Morgan fingerprint density at radius 1 is 1.17 bits per heavy atom. The van der Waals surface area contributed by atoms with Gasteiger partial charge in [-0.05, 0) is 35.6 Å². The molecule has 128 valence electrons. The molecule has 0 spiro atoms. The van der Waals surface area contributed by atoms with Crippen LogP contribution < -0.4 is 5.32 Å². The van der Waals surface area contributed by atoms with Crippen molar-refractivity contribution in [2.24, 2.45) is 0 Å². The lowest BCUT2D eigenvalue weighted by Gasteiger charge is -2.32. The molecule has 2 fully saturated rings. The van der Waals surface area contributed by atoms with Crippen LogP contribution in [-0.4, -0.2) is 55.1 Å². The SMILES string of the molecule is Fc1ccc(CN2CCC(N3CCNCC3)C2)cc1-c1cccs1. The first-order valence-corrected chi connectivity index (χ1v) is 9.67. The molecule has 2 aromatic rings. The Morgan fingerprint density at radius 2 is 2.04 bits per heavy atom. The number of nitrogens with one attached hydrogen (secondary N) is 1. The zero-order valence-corrected chi connectivity index (χ0v) is 14.7. The maximum atomic E-state index is 14.1. The van der Waals surface area contributed by atoms with Gasteiger partial charge in [0, 0.05) is 62.3 Å². The van der Waals surface area contributed by atoms with E-state index >= 15 is 0 Å². The fraction of sp³-hybridized carbons (Fsp3) is 0.474. The van der Waals surface area contributed by atoms with Crippen molar-refractivity contribution < 1.29 is 4.39 Å². The second kappa shape index (κ2) is 7.31. The number of benzene rings is 1. The van der Waals surface area contributed by atoms with E-state index in [1.807, 2.05) is 29.6 Å². The molecule has 0 bridgehead atoms. The van der Waals surface area contributed by atoms with Crippen LogP contribution in [0.4, 0.5) is 4.39 Å². The number of nitrogens with zero attached hydrogens (tertiary/aromatic N) is 2. The Bertz CT molecular complexity index is 667. The summed E-state index contributed by atoms with van der Waals surface area (Å²) in [4.78, 5) is 6.14. The molecule has 0 radical (unpaired) electrons. The van der Waals surface area contributed by atoms with Crippen molar-refractivity contribution in [3.63, 3.8) is 0 Å². The lowest BCUT2D eigenvalue weighted by atomic mass is 10.1. The molecular formula is C19H24FN3S. The zero-order chi connectivity index (χ0) is 16.4. The molecule has 4 rings (SSSR count). The number of rotatable bonds is 4. The third-order valence-electron chi connectivity index (χ3n) is 5.14. The van der Waals surface area contributed by atoms with Gasteiger partial charge in [0.1, 0.15) is 5.82 Å². The van der Waals surface area contributed by atoms with E-state index in [1.54, 1.807) is 17.4 Å². The first-order chi connectivity index (χ1) is 11.8. The minimum Gasteiger partial charge on any atom is -0.314 e. The summed E-state index contributed by atoms with van der Waals surface area (Å²) in [6.07, 6.45) is 1.25. The first-order valence-electron chi connectivity index (χ1n) is 8.79. The van der Waals surface area contributed by atoms with Crippen molar-refractivity contribution in [1.82, 2.24) is 15.1 Å². The quantitative estimate of drug-likeness (QED) is 0.919. The smallest absolute Gasteiger partial charge is 0.131 e. The van der Waals surface area contributed by atoms with E-state index in [1.165, 1.54) is 12.0 Å². The summed E-state index contributed by atoms with van der Waals surface area (Å²) in [5, 5.41) is 5.42. The first kappa shape index (κ1) is 16.2. The molecule has 5 heteroatoms. The van der Waals surface area contributed by atoms with E-state index < -0.39 is 0 Å². The normalized spacial score (nSPS) is 23.0. The maximum absolute atomic E-state index is 14.1. The van der Waals surface area contributed by atoms with Crippen LogP contribution in [0.25, 0.3) is 10.4 Å². The Balaban J connectivity index is 1.42. The fourth-order valence-electron chi connectivity index (χ4n) is 3.85. The molecule has 1 aromatic carbocycles. The highest BCUT2D eigenvalue weighted by Gasteiger charge is 2.28. The zero-order valence-electron chi connectivity index (χ0n) is 13.9. The van der Waals surface area contributed by atoms with Crippen LogP contribution in [0.1, 0.15) is 12.0 Å². The molecule has 1 atom stereocenters. The van der Waals surface area contributed by atoms with Crippen LogP contribution in [0.2, 0.25) is 0 Å². The van der Waals surface area contributed by atoms with Crippen LogP contribution in [0.3, 0.4) is 0 Å². The highest BCUT2D eigenvalue weighted by molar-refractivity contribution is 7.13.